The second kappa shape index (κ2) is 6.06. The summed E-state index contributed by atoms with van der Waals surface area (Å²) >= 11 is 0. The number of nitrogens with zero attached hydrogens (tertiary/aromatic N) is 3. The first-order valence-corrected chi connectivity index (χ1v) is 6.87. The molecule has 0 aromatic carbocycles. The molecule has 2 N–H and O–H groups in total. The van der Waals surface area contributed by atoms with Crippen molar-refractivity contribution in [3.8, 4) is 0 Å². The number of carbonyl (C=O) groups is 1. The lowest BCUT2D eigenvalue weighted by Gasteiger charge is -2.21. The maximum Gasteiger partial charge on any atom is 0.323 e. The van der Waals surface area contributed by atoms with Gasteiger partial charge in [-0.3, -0.25) is 10.00 Å². The van der Waals surface area contributed by atoms with E-state index in [2.05, 4.69) is 17.3 Å². The number of carbonyl (C=O) groups excluding carboxylic acids is 1. The van der Waals surface area contributed by atoms with Crippen molar-refractivity contribution in [1.82, 2.24) is 14.7 Å². The van der Waals surface area contributed by atoms with Gasteiger partial charge in [-0.05, 0) is 19.3 Å². The Morgan fingerprint density at radius 1 is 1.63 bits per heavy atom. The third kappa shape index (κ3) is 3.47. The van der Waals surface area contributed by atoms with Crippen molar-refractivity contribution in [3.63, 3.8) is 0 Å². The van der Waals surface area contributed by atoms with Crippen LogP contribution in [0, 0.1) is 0 Å². The van der Waals surface area contributed by atoms with E-state index in [9.17, 15) is 4.79 Å². The van der Waals surface area contributed by atoms with Gasteiger partial charge in [-0.1, -0.05) is 13.3 Å². The highest BCUT2D eigenvalue weighted by Crippen LogP contribution is 2.27. The lowest BCUT2D eigenvalue weighted by molar-refractivity contribution is 0.185. The molecule has 1 fully saturated rings. The number of amides is 2. The van der Waals surface area contributed by atoms with Crippen LogP contribution in [0.4, 0.5) is 10.6 Å². The number of aliphatic hydroxyl groups is 1. The van der Waals surface area contributed by atoms with Crippen LogP contribution < -0.4 is 5.32 Å². The van der Waals surface area contributed by atoms with Crippen molar-refractivity contribution in [2.45, 2.75) is 38.6 Å². The van der Waals surface area contributed by atoms with Gasteiger partial charge in [-0.2, -0.15) is 5.10 Å². The number of aromatic nitrogens is 2. The van der Waals surface area contributed by atoms with Crippen LogP contribution in [0.2, 0.25) is 0 Å². The molecule has 2 amide bonds. The Kier molecular flexibility index (Phi) is 4.42. The molecule has 0 atom stereocenters. The maximum absolute atomic E-state index is 12.2. The van der Waals surface area contributed by atoms with Crippen molar-refractivity contribution < 1.29 is 9.90 Å². The number of aryl methyl sites for hydroxylation is 2. The molecule has 0 aliphatic heterocycles. The molecule has 1 aromatic heterocycles. The van der Waals surface area contributed by atoms with Gasteiger partial charge < -0.3 is 10.0 Å². The van der Waals surface area contributed by atoms with Gasteiger partial charge in [-0.15, -0.1) is 0 Å². The van der Waals surface area contributed by atoms with E-state index in [0.717, 1.165) is 31.4 Å². The summed E-state index contributed by atoms with van der Waals surface area (Å²) in [6.07, 6.45) is 4.00. The van der Waals surface area contributed by atoms with Crippen LogP contribution in [0.15, 0.2) is 6.07 Å². The number of hydrogen-bond acceptors (Lipinski definition) is 3. The van der Waals surface area contributed by atoms with E-state index in [0.29, 0.717) is 12.4 Å². The van der Waals surface area contributed by atoms with E-state index >= 15 is 0 Å². The average Bonchev–Trinajstić information content (AvgIpc) is 3.14. The first-order chi connectivity index (χ1) is 9.15. The van der Waals surface area contributed by atoms with Gasteiger partial charge in [0.05, 0.1) is 12.3 Å². The molecular formula is C13H22N4O2. The van der Waals surface area contributed by atoms with Crippen LogP contribution in [0.3, 0.4) is 0 Å². The Morgan fingerprint density at radius 2 is 2.37 bits per heavy atom. The summed E-state index contributed by atoms with van der Waals surface area (Å²) in [6.45, 7) is 2.48. The molecule has 6 heteroatoms. The van der Waals surface area contributed by atoms with Crippen LogP contribution in [0.1, 0.15) is 31.9 Å². The Bertz CT molecular complexity index is 440. The summed E-state index contributed by atoms with van der Waals surface area (Å²) in [5.74, 6) is 0.706. The Balaban J connectivity index is 2.00. The van der Waals surface area contributed by atoms with Crippen LogP contribution in [0.5, 0.6) is 0 Å². The van der Waals surface area contributed by atoms with Crippen molar-refractivity contribution in [1.29, 1.82) is 0 Å². The third-order valence-corrected chi connectivity index (χ3v) is 3.26. The second-order valence-electron chi connectivity index (χ2n) is 4.97. The largest absolute Gasteiger partial charge is 0.395 e. The van der Waals surface area contributed by atoms with E-state index in [1.807, 2.05) is 13.1 Å². The summed E-state index contributed by atoms with van der Waals surface area (Å²) in [7, 11) is 1.82. The van der Waals surface area contributed by atoms with Gasteiger partial charge in [0, 0.05) is 25.7 Å². The monoisotopic (exact) mass is 266 g/mol. The van der Waals surface area contributed by atoms with E-state index < -0.39 is 0 Å². The Hall–Kier alpha value is -1.56. The number of anilines is 1. The molecule has 19 heavy (non-hydrogen) atoms. The van der Waals surface area contributed by atoms with Gasteiger partial charge in [0.1, 0.15) is 5.82 Å². The molecule has 1 aliphatic rings. The normalized spacial score (nSPS) is 14.5. The number of aliphatic hydroxyl groups excluding tert-OH is 1. The first-order valence-electron chi connectivity index (χ1n) is 6.87. The predicted molar refractivity (Wildman–Crippen MR) is 73.0 cm³/mol. The molecule has 1 saturated carbocycles. The molecule has 0 radical (unpaired) electrons. The van der Waals surface area contributed by atoms with Crippen molar-refractivity contribution in [3.05, 3.63) is 11.8 Å². The second-order valence-corrected chi connectivity index (χ2v) is 4.97. The fourth-order valence-electron chi connectivity index (χ4n) is 2.15. The van der Waals surface area contributed by atoms with Crippen LogP contribution >= 0.6 is 0 Å². The minimum atomic E-state index is -0.150. The number of hydrogen-bond donors (Lipinski definition) is 2. The van der Waals surface area contributed by atoms with Crippen molar-refractivity contribution >= 4 is 11.8 Å². The summed E-state index contributed by atoms with van der Waals surface area (Å²) in [6, 6.07) is 2.05. The van der Waals surface area contributed by atoms with Crippen molar-refractivity contribution in [2.75, 3.05) is 18.5 Å². The zero-order valence-electron chi connectivity index (χ0n) is 11.6. The Morgan fingerprint density at radius 3 is 2.95 bits per heavy atom. The first kappa shape index (κ1) is 13.9. The number of nitrogens with one attached hydrogen (secondary N) is 1. The van der Waals surface area contributed by atoms with Crippen LogP contribution in [-0.4, -0.2) is 45.0 Å². The van der Waals surface area contributed by atoms with Crippen molar-refractivity contribution in [2.24, 2.45) is 7.05 Å². The molecule has 1 aliphatic carbocycles. The van der Waals surface area contributed by atoms with Gasteiger partial charge in [0.2, 0.25) is 0 Å². The zero-order valence-corrected chi connectivity index (χ0v) is 11.6. The number of rotatable bonds is 6. The minimum absolute atomic E-state index is 0.00358. The molecule has 6 nitrogen and oxygen atoms in total. The fraction of sp³-hybridized carbons (Fsp3) is 0.692. The van der Waals surface area contributed by atoms with E-state index in [4.69, 9.17) is 5.11 Å². The highest BCUT2D eigenvalue weighted by molar-refractivity contribution is 5.88. The van der Waals surface area contributed by atoms with Gasteiger partial charge in [-0.25, -0.2) is 4.79 Å². The van der Waals surface area contributed by atoms with E-state index in [1.54, 1.807) is 9.58 Å². The maximum atomic E-state index is 12.2. The van der Waals surface area contributed by atoms with Gasteiger partial charge in [0.15, 0.2) is 0 Å². The van der Waals surface area contributed by atoms with E-state index in [1.165, 1.54) is 0 Å². The molecule has 0 unspecified atom stereocenters. The third-order valence-electron chi connectivity index (χ3n) is 3.26. The van der Waals surface area contributed by atoms with Crippen LogP contribution in [-0.2, 0) is 13.5 Å². The molecule has 0 saturated heterocycles. The predicted octanol–water partition coefficient (Wildman–Crippen LogP) is 1.36. The van der Waals surface area contributed by atoms with Gasteiger partial charge >= 0.3 is 6.03 Å². The number of urea groups is 1. The fourth-order valence-corrected chi connectivity index (χ4v) is 2.15. The summed E-state index contributed by atoms with van der Waals surface area (Å²) in [5.41, 5.74) is 0.987. The smallest absolute Gasteiger partial charge is 0.323 e. The zero-order chi connectivity index (χ0) is 13.8. The average molecular weight is 266 g/mol. The molecule has 0 bridgehead atoms. The molecule has 106 valence electrons. The molecule has 2 rings (SSSR count). The molecule has 1 aromatic rings. The highest BCUT2D eigenvalue weighted by atomic mass is 16.3. The quantitative estimate of drug-likeness (QED) is 0.816. The summed E-state index contributed by atoms with van der Waals surface area (Å²) in [4.78, 5) is 13.9. The minimum Gasteiger partial charge on any atom is -0.395 e. The van der Waals surface area contributed by atoms with Crippen LogP contribution in [0.25, 0.3) is 0 Å². The highest BCUT2D eigenvalue weighted by Gasteiger charge is 2.32. The standard InChI is InChI=1S/C13H22N4O2/c1-3-4-10-9-12(16(2)15-10)14-13(19)17(7-8-18)11-5-6-11/h9,11,18H,3-8H2,1-2H3,(H,14,19). The molecule has 0 spiro atoms. The lowest BCUT2D eigenvalue weighted by atomic mass is 10.2. The summed E-state index contributed by atoms with van der Waals surface area (Å²) < 4.78 is 1.69. The molecular weight excluding hydrogens is 244 g/mol. The topological polar surface area (TPSA) is 70.4 Å². The summed E-state index contributed by atoms with van der Waals surface area (Å²) in [5, 5.41) is 16.2. The lowest BCUT2D eigenvalue weighted by Crippen LogP contribution is -2.39. The SMILES string of the molecule is CCCc1cc(NC(=O)N(CCO)C2CC2)n(C)n1. The molecule has 1 heterocycles. The van der Waals surface area contributed by atoms with Gasteiger partial charge in [0.25, 0.3) is 0 Å². The Labute approximate surface area is 113 Å². The van der Waals surface area contributed by atoms with E-state index in [-0.39, 0.29) is 18.7 Å².